The molecule has 0 aromatic carbocycles. The number of thiophene rings is 1. The molecule has 0 N–H and O–H groups in total. The predicted octanol–water partition coefficient (Wildman–Crippen LogP) is 6.85. The van der Waals surface area contributed by atoms with Crippen molar-refractivity contribution in [3.63, 3.8) is 0 Å². The zero-order chi connectivity index (χ0) is 23.3. The highest BCUT2D eigenvalue weighted by atomic mass is 32.1. The average molecular weight is 482 g/mol. The molecule has 0 aliphatic rings. The van der Waals surface area contributed by atoms with Gasteiger partial charge in [0.25, 0.3) is 0 Å². The number of hydrogen-bond donors (Lipinski definition) is 0. The highest BCUT2D eigenvalue weighted by Crippen LogP contribution is 2.61. The van der Waals surface area contributed by atoms with Crippen molar-refractivity contribution >= 4 is 11.3 Å². The Morgan fingerprint density at radius 1 is 0.655 bits per heavy atom. The summed E-state index contributed by atoms with van der Waals surface area (Å²) in [6.07, 6.45) is -17.1. The van der Waals surface area contributed by atoms with Crippen molar-refractivity contribution in [3.8, 4) is 5.75 Å². The SMILES string of the molecule is FC(F)(F)CC(F)(F)C(F)(F)C(F)(F)C(F)(F)C(F)(F)C(F)(F)Oc1ccsc1. The minimum Gasteiger partial charge on any atom is -0.427 e. The van der Waals surface area contributed by atoms with E-state index in [1.165, 1.54) is 0 Å². The van der Waals surface area contributed by atoms with Gasteiger partial charge in [-0.2, -0.15) is 65.9 Å². The molecule has 1 rings (SSSR count). The van der Waals surface area contributed by atoms with Crippen LogP contribution in [-0.4, -0.2) is 41.9 Å². The average Bonchev–Trinajstić information content (AvgIpc) is 2.95. The van der Waals surface area contributed by atoms with E-state index < -0.39 is 54.1 Å². The molecule has 0 amide bonds. The van der Waals surface area contributed by atoms with Crippen molar-refractivity contribution in [2.45, 2.75) is 48.3 Å². The van der Waals surface area contributed by atoms with Gasteiger partial charge in [0, 0.05) is 5.38 Å². The molecule has 1 aromatic rings. The normalized spacial score (nSPS) is 15.6. The van der Waals surface area contributed by atoms with Crippen molar-refractivity contribution in [2.24, 2.45) is 0 Å². The van der Waals surface area contributed by atoms with E-state index in [0.29, 0.717) is 22.8 Å². The van der Waals surface area contributed by atoms with Crippen molar-refractivity contribution in [2.75, 3.05) is 0 Å². The third kappa shape index (κ3) is 4.19. The van der Waals surface area contributed by atoms with Crippen LogP contribution in [0.5, 0.6) is 5.75 Å². The summed E-state index contributed by atoms with van der Waals surface area (Å²) >= 11 is 0.452. The Hall–Kier alpha value is -1.55. The molecule has 0 aliphatic carbocycles. The minimum atomic E-state index is -8.08. The van der Waals surface area contributed by atoms with Gasteiger partial charge in [0.2, 0.25) is 0 Å². The molecule has 29 heavy (non-hydrogen) atoms. The maximum atomic E-state index is 13.4. The first-order chi connectivity index (χ1) is 12.5. The summed E-state index contributed by atoms with van der Waals surface area (Å²) in [6, 6.07) is 0.441. The minimum absolute atomic E-state index is 0.441. The second-order valence-corrected chi connectivity index (χ2v) is 6.15. The number of alkyl halides is 15. The van der Waals surface area contributed by atoms with Crippen LogP contribution in [0.3, 0.4) is 0 Å². The molecule has 0 saturated heterocycles. The summed E-state index contributed by atoms with van der Waals surface area (Å²) in [5, 5.41) is 1.31. The van der Waals surface area contributed by atoms with Crippen LogP contribution in [0.4, 0.5) is 65.9 Å². The van der Waals surface area contributed by atoms with Gasteiger partial charge in [0.15, 0.2) is 0 Å². The Morgan fingerprint density at radius 2 is 1.10 bits per heavy atom. The van der Waals surface area contributed by atoms with Gasteiger partial charge in [0.1, 0.15) is 12.2 Å². The quantitative estimate of drug-likeness (QED) is 0.369. The molecule has 0 saturated carbocycles. The van der Waals surface area contributed by atoms with Gasteiger partial charge in [0.05, 0.1) is 0 Å². The summed E-state index contributed by atoms with van der Waals surface area (Å²) in [6.45, 7) is 0. The highest BCUT2D eigenvalue weighted by Gasteiger charge is 2.91. The Balaban J connectivity index is 3.42. The molecule has 170 valence electrons. The molecule has 0 radical (unpaired) electrons. The van der Waals surface area contributed by atoms with E-state index >= 15 is 0 Å². The van der Waals surface area contributed by atoms with Gasteiger partial charge in [-0.1, -0.05) is 0 Å². The largest absolute Gasteiger partial charge is 0.471 e. The van der Waals surface area contributed by atoms with Crippen molar-refractivity contribution in [1.82, 2.24) is 0 Å². The Kier molecular flexibility index (Phi) is 6.16. The fraction of sp³-hybridized carbons (Fsp3) is 0.667. The van der Waals surface area contributed by atoms with Gasteiger partial charge in [-0.15, -0.1) is 11.3 Å². The van der Waals surface area contributed by atoms with Gasteiger partial charge in [-0.3, -0.25) is 0 Å². The van der Waals surface area contributed by atoms with Gasteiger partial charge >= 0.3 is 41.9 Å². The molecule has 0 spiro atoms. The van der Waals surface area contributed by atoms with Gasteiger partial charge in [-0.25, -0.2) is 0 Å². The van der Waals surface area contributed by atoms with E-state index in [-0.39, 0.29) is 0 Å². The van der Waals surface area contributed by atoms with E-state index in [0.717, 1.165) is 5.38 Å². The molecule has 1 aromatic heterocycles. The number of rotatable bonds is 8. The Morgan fingerprint density at radius 3 is 1.48 bits per heavy atom. The lowest BCUT2D eigenvalue weighted by Gasteiger charge is -2.40. The molecule has 17 heteroatoms. The fourth-order valence-electron chi connectivity index (χ4n) is 1.69. The van der Waals surface area contributed by atoms with Gasteiger partial charge < -0.3 is 4.74 Å². The van der Waals surface area contributed by atoms with Crippen molar-refractivity contribution < 1.29 is 70.6 Å². The number of hydrogen-bond acceptors (Lipinski definition) is 2. The van der Waals surface area contributed by atoms with Crippen LogP contribution in [0.1, 0.15) is 6.42 Å². The van der Waals surface area contributed by atoms with Crippen molar-refractivity contribution in [3.05, 3.63) is 16.8 Å². The molecule has 0 bridgehead atoms. The number of halogens is 15. The molecule has 0 aliphatic heterocycles. The van der Waals surface area contributed by atoms with E-state index in [2.05, 4.69) is 4.74 Å². The van der Waals surface area contributed by atoms with Crippen LogP contribution in [0, 0.1) is 0 Å². The van der Waals surface area contributed by atoms with E-state index in [1.54, 1.807) is 0 Å². The maximum absolute atomic E-state index is 13.4. The first-order valence-corrected chi connectivity index (χ1v) is 7.52. The highest BCUT2D eigenvalue weighted by molar-refractivity contribution is 7.08. The first-order valence-electron chi connectivity index (χ1n) is 6.58. The third-order valence-electron chi connectivity index (χ3n) is 3.17. The summed E-state index contributed by atoms with van der Waals surface area (Å²) in [4.78, 5) is 0. The standard InChI is InChI=1S/C12H5F15OS/c13-6(14,4-7(15,16)17)8(18,19)9(20,21)10(22,23)11(24,25)12(26,27)28-5-1-2-29-3-5/h1-3H,4H2. The molecular formula is C12H5F15OS. The molecular weight excluding hydrogens is 477 g/mol. The van der Waals surface area contributed by atoms with Gasteiger partial charge in [-0.05, 0) is 11.4 Å². The summed E-state index contributed by atoms with van der Waals surface area (Å²) < 4.78 is 198. The van der Waals surface area contributed by atoms with Crippen LogP contribution in [0.2, 0.25) is 0 Å². The maximum Gasteiger partial charge on any atom is 0.471 e. The lowest BCUT2D eigenvalue weighted by atomic mass is 9.92. The lowest BCUT2D eigenvalue weighted by molar-refractivity contribution is -0.449. The predicted molar refractivity (Wildman–Crippen MR) is 65.3 cm³/mol. The third-order valence-corrected chi connectivity index (χ3v) is 3.83. The summed E-state index contributed by atoms with van der Waals surface area (Å²) in [5.41, 5.74) is 0. The smallest absolute Gasteiger partial charge is 0.427 e. The zero-order valence-corrected chi connectivity index (χ0v) is 13.7. The fourth-order valence-corrected chi connectivity index (χ4v) is 2.24. The van der Waals surface area contributed by atoms with Crippen molar-refractivity contribution in [1.29, 1.82) is 0 Å². The second kappa shape index (κ2) is 7.01. The van der Waals surface area contributed by atoms with Crippen LogP contribution in [0.15, 0.2) is 16.8 Å². The summed E-state index contributed by atoms with van der Waals surface area (Å²) in [5.74, 6) is -39.9. The molecule has 0 fully saturated rings. The summed E-state index contributed by atoms with van der Waals surface area (Å²) in [7, 11) is 0. The first kappa shape index (κ1) is 25.5. The molecule has 1 nitrogen and oxygen atoms in total. The van der Waals surface area contributed by atoms with Crippen LogP contribution < -0.4 is 4.74 Å². The molecule has 0 unspecified atom stereocenters. The van der Waals surface area contributed by atoms with Crippen LogP contribution in [0.25, 0.3) is 0 Å². The topological polar surface area (TPSA) is 9.23 Å². The Bertz CT molecular complexity index is 691. The monoisotopic (exact) mass is 482 g/mol. The van der Waals surface area contributed by atoms with E-state index in [4.69, 9.17) is 0 Å². The second-order valence-electron chi connectivity index (χ2n) is 5.37. The molecule has 1 heterocycles. The van der Waals surface area contributed by atoms with E-state index in [1.807, 2.05) is 0 Å². The van der Waals surface area contributed by atoms with E-state index in [9.17, 15) is 65.9 Å². The zero-order valence-electron chi connectivity index (χ0n) is 12.9. The number of ether oxygens (including phenoxy) is 1. The lowest BCUT2D eigenvalue weighted by Crippen LogP contribution is -2.71. The van der Waals surface area contributed by atoms with Crippen LogP contribution >= 0.6 is 11.3 Å². The molecule has 0 atom stereocenters. The Labute approximate surface area is 154 Å². The van der Waals surface area contributed by atoms with Crippen LogP contribution in [-0.2, 0) is 0 Å².